The second-order valence-electron chi connectivity index (χ2n) is 6.81. The molecule has 0 aliphatic rings. The Labute approximate surface area is 181 Å². The molecule has 164 valence electrons. The predicted molar refractivity (Wildman–Crippen MR) is 118 cm³/mol. The molecule has 0 bridgehead atoms. The first-order chi connectivity index (χ1) is 14.8. The van der Waals surface area contributed by atoms with Gasteiger partial charge in [-0.3, -0.25) is 14.2 Å². The monoisotopic (exact) mass is 448 g/mol. The van der Waals surface area contributed by atoms with Gasteiger partial charge >= 0.3 is 0 Å². The summed E-state index contributed by atoms with van der Waals surface area (Å²) in [4.78, 5) is 16.6. The van der Waals surface area contributed by atoms with Gasteiger partial charge in [-0.15, -0.1) is 0 Å². The Balaban J connectivity index is 1.83. The number of nitrogens with zero attached hydrogens (tertiary/aromatic N) is 1. The van der Waals surface area contributed by atoms with Gasteiger partial charge in [-0.1, -0.05) is 6.07 Å². The highest BCUT2D eigenvalue weighted by Gasteiger charge is 2.17. The number of amidine groups is 1. The summed E-state index contributed by atoms with van der Waals surface area (Å²) in [5, 5.41) is 3.67. The van der Waals surface area contributed by atoms with E-state index in [4.69, 9.17) is 15.2 Å². The first kappa shape index (κ1) is 22.4. The quantitative estimate of drug-likeness (QED) is 0.352. The third-order valence-corrected chi connectivity index (χ3v) is 5.11. The van der Waals surface area contributed by atoms with E-state index < -0.39 is 11.6 Å². The van der Waals surface area contributed by atoms with Gasteiger partial charge in [0, 0.05) is 12.8 Å². The number of ether oxygens (including phenoxy) is 2. The molecule has 3 aromatic rings. The average molecular weight is 448 g/mol. The molecule has 2 aromatic carbocycles. The van der Waals surface area contributed by atoms with E-state index in [1.165, 1.54) is 12.1 Å². The number of rotatable bonds is 8. The number of nitrogens with two attached hydrogens (primary N) is 1. The van der Waals surface area contributed by atoms with Crippen LogP contribution in [-0.2, 0) is 4.74 Å². The standard InChI is InChI=1S/C21H22F2N4O3S/c1-11-9-13(30-16-6-4-5-14(22)18(16)23)7-8-15(11)26-21-17(20(28)27-31-21)19(24)25-12(2)10-29-3/h4-9,12,26H,10H2,1-3H3,(H2,24,25)(H,27,28). The molecule has 1 atom stereocenters. The molecule has 0 saturated carbocycles. The SMILES string of the molecule is COCC(C)N=C(N)c1c(Nc2ccc(Oc3cccc(F)c3F)cc2C)s[nH]c1=O. The van der Waals surface area contributed by atoms with E-state index in [1.54, 1.807) is 25.3 Å². The number of aromatic amines is 1. The summed E-state index contributed by atoms with van der Waals surface area (Å²) in [5.41, 5.74) is 7.39. The Morgan fingerprint density at radius 1 is 1.32 bits per heavy atom. The smallest absolute Gasteiger partial charge is 0.271 e. The number of nitrogens with one attached hydrogen (secondary N) is 2. The summed E-state index contributed by atoms with van der Waals surface area (Å²) in [6, 6.07) is 8.50. The molecule has 1 aromatic heterocycles. The Morgan fingerprint density at radius 2 is 2.10 bits per heavy atom. The van der Waals surface area contributed by atoms with Gasteiger partial charge in [-0.2, -0.15) is 4.39 Å². The third kappa shape index (κ3) is 5.28. The lowest BCUT2D eigenvalue weighted by molar-refractivity contribution is 0.186. The Kier molecular flexibility index (Phi) is 7.03. The van der Waals surface area contributed by atoms with Crippen LogP contribution >= 0.6 is 11.5 Å². The highest BCUT2D eigenvalue weighted by molar-refractivity contribution is 7.10. The predicted octanol–water partition coefficient (Wildman–Crippen LogP) is 4.30. The van der Waals surface area contributed by atoms with Crippen LogP contribution in [0.5, 0.6) is 11.5 Å². The zero-order valence-electron chi connectivity index (χ0n) is 17.2. The number of hydrogen-bond donors (Lipinski definition) is 3. The van der Waals surface area contributed by atoms with E-state index in [1.807, 2.05) is 13.8 Å². The van der Waals surface area contributed by atoms with Crippen LogP contribution in [0, 0.1) is 18.6 Å². The normalized spacial score (nSPS) is 12.6. The minimum absolute atomic E-state index is 0.105. The highest BCUT2D eigenvalue weighted by atomic mass is 32.1. The molecule has 1 unspecified atom stereocenters. The third-order valence-electron chi connectivity index (χ3n) is 4.31. The van der Waals surface area contributed by atoms with Gasteiger partial charge in [-0.05, 0) is 61.3 Å². The fraction of sp³-hybridized carbons (Fsp3) is 0.238. The van der Waals surface area contributed by atoms with Crippen LogP contribution in [0.3, 0.4) is 0 Å². The molecule has 0 radical (unpaired) electrons. The summed E-state index contributed by atoms with van der Waals surface area (Å²) in [6.45, 7) is 4.01. The van der Waals surface area contributed by atoms with Crippen molar-refractivity contribution in [2.45, 2.75) is 19.9 Å². The van der Waals surface area contributed by atoms with Crippen molar-refractivity contribution in [1.29, 1.82) is 0 Å². The number of halogens is 2. The molecule has 0 spiro atoms. The van der Waals surface area contributed by atoms with Crippen molar-refractivity contribution in [3.05, 3.63) is 69.5 Å². The molecular weight excluding hydrogens is 426 g/mol. The molecule has 4 N–H and O–H groups in total. The zero-order chi connectivity index (χ0) is 22.5. The van der Waals surface area contributed by atoms with Crippen LogP contribution in [0.25, 0.3) is 0 Å². The summed E-state index contributed by atoms with van der Waals surface area (Å²) >= 11 is 1.10. The minimum atomic E-state index is -1.05. The van der Waals surface area contributed by atoms with Crippen LogP contribution in [0.15, 0.2) is 46.2 Å². The van der Waals surface area contributed by atoms with Crippen molar-refractivity contribution >= 4 is 28.1 Å². The van der Waals surface area contributed by atoms with E-state index >= 15 is 0 Å². The first-order valence-electron chi connectivity index (χ1n) is 9.33. The number of benzene rings is 2. The van der Waals surface area contributed by atoms with Crippen LogP contribution in [0.1, 0.15) is 18.1 Å². The zero-order valence-corrected chi connectivity index (χ0v) is 18.0. The number of hydrogen-bond acceptors (Lipinski definition) is 6. The number of aliphatic imine (C=N–C) groups is 1. The molecule has 7 nitrogen and oxygen atoms in total. The second kappa shape index (κ2) is 9.71. The molecule has 0 saturated heterocycles. The van der Waals surface area contributed by atoms with Gasteiger partial charge in [0.2, 0.25) is 5.82 Å². The lowest BCUT2D eigenvalue weighted by atomic mass is 10.2. The van der Waals surface area contributed by atoms with Crippen LogP contribution in [0.4, 0.5) is 19.5 Å². The highest BCUT2D eigenvalue weighted by Crippen LogP contribution is 2.31. The van der Waals surface area contributed by atoms with E-state index in [0.29, 0.717) is 23.0 Å². The number of anilines is 2. The summed E-state index contributed by atoms with van der Waals surface area (Å²) < 4.78 is 40.4. The van der Waals surface area contributed by atoms with Gasteiger partial charge in [0.25, 0.3) is 5.56 Å². The second-order valence-corrected chi connectivity index (χ2v) is 7.63. The van der Waals surface area contributed by atoms with E-state index in [2.05, 4.69) is 14.7 Å². The van der Waals surface area contributed by atoms with E-state index in [0.717, 1.165) is 23.2 Å². The Morgan fingerprint density at radius 3 is 2.81 bits per heavy atom. The van der Waals surface area contributed by atoms with Crippen molar-refractivity contribution in [2.75, 3.05) is 19.0 Å². The fourth-order valence-corrected chi connectivity index (χ4v) is 3.61. The lowest BCUT2D eigenvalue weighted by Gasteiger charge is -2.12. The Hall–Kier alpha value is -3.24. The van der Waals surface area contributed by atoms with Crippen molar-refractivity contribution in [3.63, 3.8) is 0 Å². The molecule has 0 aliphatic carbocycles. The van der Waals surface area contributed by atoms with Crippen molar-refractivity contribution < 1.29 is 18.3 Å². The van der Waals surface area contributed by atoms with Gasteiger partial charge in [0.15, 0.2) is 11.6 Å². The van der Waals surface area contributed by atoms with E-state index in [9.17, 15) is 13.6 Å². The number of methoxy groups -OCH3 is 1. The van der Waals surface area contributed by atoms with Crippen LogP contribution < -0.4 is 21.3 Å². The number of H-pyrrole nitrogens is 1. The van der Waals surface area contributed by atoms with Crippen molar-refractivity contribution in [3.8, 4) is 11.5 Å². The molecule has 0 aliphatic heterocycles. The maximum atomic E-state index is 13.8. The van der Waals surface area contributed by atoms with Crippen LogP contribution in [-0.4, -0.2) is 30.0 Å². The number of aryl methyl sites for hydroxylation is 1. The summed E-state index contributed by atoms with van der Waals surface area (Å²) in [7, 11) is 1.56. The molecule has 10 heteroatoms. The average Bonchev–Trinajstić information content (AvgIpc) is 3.08. The molecule has 0 amide bonds. The van der Waals surface area contributed by atoms with Crippen LogP contribution in [0.2, 0.25) is 0 Å². The van der Waals surface area contributed by atoms with Crippen molar-refractivity contribution in [1.82, 2.24) is 4.37 Å². The minimum Gasteiger partial charge on any atom is -0.454 e. The summed E-state index contributed by atoms with van der Waals surface area (Å²) in [6.07, 6.45) is 0. The lowest BCUT2D eigenvalue weighted by Crippen LogP contribution is -2.25. The molecule has 31 heavy (non-hydrogen) atoms. The van der Waals surface area contributed by atoms with Gasteiger partial charge in [0.1, 0.15) is 22.1 Å². The maximum Gasteiger partial charge on any atom is 0.271 e. The van der Waals surface area contributed by atoms with E-state index in [-0.39, 0.29) is 28.7 Å². The molecule has 3 rings (SSSR count). The molecule has 0 fully saturated rings. The van der Waals surface area contributed by atoms with Crippen molar-refractivity contribution in [2.24, 2.45) is 10.7 Å². The summed E-state index contributed by atoms with van der Waals surface area (Å²) in [5.74, 6) is -1.80. The van der Waals surface area contributed by atoms with Gasteiger partial charge in [-0.25, -0.2) is 4.39 Å². The topological polar surface area (TPSA) is 102 Å². The van der Waals surface area contributed by atoms with Gasteiger partial charge in [0.05, 0.1) is 12.6 Å². The maximum absolute atomic E-state index is 13.8. The largest absolute Gasteiger partial charge is 0.454 e. The number of aromatic nitrogens is 1. The first-order valence-corrected chi connectivity index (χ1v) is 10.2. The van der Waals surface area contributed by atoms with Gasteiger partial charge < -0.3 is 20.5 Å². The molecule has 1 heterocycles. The molecular formula is C21H22F2N4O3S. The Bertz CT molecular complexity index is 1160. The fourth-order valence-electron chi connectivity index (χ4n) is 2.86.